The lowest BCUT2D eigenvalue weighted by molar-refractivity contribution is 0.0510. The van der Waals surface area contributed by atoms with Crippen molar-refractivity contribution in [3.05, 3.63) is 35.9 Å². The van der Waals surface area contributed by atoms with Gasteiger partial charge in [-0.25, -0.2) is 4.79 Å². The molecule has 1 saturated carbocycles. The summed E-state index contributed by atoms with van der Waals surface area (Å²) >= 11 is 0. The number of ether oxygens (including phenoxy) is 1. The topological polar surface area (TPSA) is 53.6 Å². The summed E-state index contributed by atoms with van der Waals surface area (Å²) in [4.78, 5) is 14.8. The molecule has 3 fully saturated rings. The molecule has 0 radical (unpaired) electrons. The lowest BCUT2D eigenvalue weighted by atomic mass is 9.67. The van der Waals surface area contributed by atoms with Crippen molar-refractivity contribution in [2.45, 2.75) is 57.6 Å². The molecule has 5 nitrogen and oxygen atoms in total. The highest BCUT2D eigenvalue weighted by Gasteiger charge is 2.38. The molecule has 28 heavy (non-hydrogen) atoms. The van der Waals surface area contributed by atoms with Gasteiger partial charge in [-0.2, -0.15) is 0 Å². The van der Waals surface area contributed by atoms with E-state index in [1.54, 1.807) is 0 Å². The van der Waals surface area contributed by atoms with E-state index < -0.39 is 0 Å². The molecular weight excluding hydrogens is 350 g/mol. The number of benzene rings is 1. The Bertz CT molecular complexity index is 612. The molecule has 2 aliphatic heterocycles. The third-order valence-electron chi connectivity index (χ3n) is 7.18. The summed E-state index contributed by atoms with van der Waals surface area (Å²) < 4.78 is 5.38. The van der Waals surface area contributed by atoms with Crippen LogP contribution < -0.4 is 10.6 Å². The highest BCUT2D eigenvalue weighted by Crippen LogP contribution is 2.44. The van der Waals surface area contributed by atoms with Crippen molar-refractivity contribution >= 4 is 6.09 Å². The van der Waals surface area contributed by atoms with Crippen LogP contribution in [-0.2, 0) is 11.3 Å². The molecule has 1 amide bonds. The fourth-order valence-corrected chi connectivity index (χ4v) is 5.25. The first kappa shape index (κ1) is 19.7. The van der Waals surface area contributed by atoms with Crippen LogP contribution in [0, 0.1) is 11.3 Å². The van der Waals surface area contributed by atoms with Crippen LogP contribution in [0.2, 0.25) is 0 Å². The van der Waals surface area contributed by atoms with Gasteiger partial charge in [0, 0.05) is 12.6 Å². The average molecular weight is 386 g/mol. The van der Waals surface area contributed by atoms with Crippen LogP contribution in [0.25, 0.3) is 0 Å². The molecule has 2 saturated heterocycles. The van der Waals surface area contributed by atoms with Crippen molar-refractivity contribution in [3.63, 3.8) is 0 Å². The van der Waals surface area contributed by atoms with Crippen LogP contribution >= 0.6 is 0 Å². The molecular formula is C23H35N3O2. The van der Waals surface area contributed by atoms with Gasteiger partial charge in [0.2, 0.25) is 0 Å². The van der Waals surface area contributed by atoms with Gasteiger partial charge in [-0.1, -0.05) is 30.3 Å². The van der Waals surface area contributed by atoms with Gasteiger partial charge in [-0.3, -0.25) is 0 Å². The molecule has 0 aromatic heterocycles. The smallest absolute Gasteiger partial charge is 0.407 e. The van der Waals surface area contributed by atoms with Gasteiger partial charge < -0.3 is 20.3 Å². The van der Waals surface area contributed by atoms with Crippen LogP contribution in [0.1, 0.15) is 50.5 Å². The van der Waals surface area contributed by atoms with Gasteiger partial charge in [0.05, 0.1) is 0 Å². The molecule has 0 unspecified atom stereocenters. The lowest BCUT2D eigenvalue weighted by Gasteiger charge is -2.46. The first-order valence-electron chi connectivity index (χ1n) is 11.1. The fourth-order valence-electron chi connectivity index (χ4n) is 5.25. The van der Waals surface area contributed by atoms with Gasteiger partial charge in [0.1, 0.15) is 6.61 Å². The minimum absolute atomic E-state index is 0.273. The molecule has 2 heterocycles. The molecule has 3 aliphatic rings. The molecule has 154 valence electrons. The standard InChI is InChI=1S/C23H35N3O2/c27-22(28-18-19-4-2-1-3-5-19)25-21-6-9-23(10-7-21)11-14-26(15-12-23)17-20-8-13-24-16-20/h1-5,20-21,24H,6-18H2,(H,25,27)/t20-/m1/s1. The Hall–Kier alpha value is -1.59. The number of hydrogen-bond donors (Lipinski definition) is 2. The molecule has 1 spiro atoms. The van der Waals surface area contributed by atoms with Gasteiger partial charge in [0.25, 0.3) is 0 Å². The molecule has 5 heteroatoms. The molecule has 4 rings (SSSR count). The van der Waals surface area contributed by atoms with Crippen molar-refractivity contribution in [1.29, 1.82) is 0 Å². The number of likely N-dealkylation sites (tertiary alicyclic amines) is 1. The molecule has 1 aromatic rings. The quantitative estimate of drug-likeness (QED) is 0.814. The lowest BCUT2D eigenvalue weighted by Crippen LogP contribution is -2.46. The molecule has 0 bridgehead atoms. The van der Waals surface area contributed by atoms with Crippen LogP contribution in [0.5, 0.6) is 0 Å². The van der Waals surface area contributed by atoms with Gasteiger partial charge >= 0.3 is 6.09 Å². The largest absolute Gasteiger partial charge is 0.445 e. The third-order valence-corrected chi connectivity index (χ3v) is 7.18. The second-order valence-corrected chi connectivity index (χ2v) is 9.14. The normalized spacial score (nSPS) is 25.6. The van der Waals surface area contributed by atoms with Crippen LogP contribution in [0.4, 0.5) is 4.79 Å². The van der Waals surface area contributed by atoms with Gasteiger partial charge in [0.15, 0.2) is 0 Å². The zero-order valence-corrected chi connectivity index (χ0v) is 17.0. The maximum Gasteiger partial charge on any atom is 0.407 e. The summed E-state index contributed by atoms with van der Waals surface area (Å²) in [5.41, 5.74) is 1.55. The molecule has 1 aliphatic carbocycles. The van der Waals surface area contributed by atoms with E-state index in [4.69, 9.17) is 4.74 Å². The van der Waals surface area contributed by atoms with Gasteiger partial charge in [-0.15, -0.1) is 0 Å². The summed E-state index contributed by atoms with van der Waals surface area (Å²) in [7, 11) is 0. The van der Waals surface area contributed by atoms with Crippen molar-refractivity contribution in [3.8, 4) is 0 Å². The van der Waals surface area contributed by atoms with E-state index >= 15 is 0 Å². The molecule has 1 atom stereocenters. The Labute approximate surface area is 169 Å². The van der Waals surface area contributed by atoms with Crippen LogP contribution in [0.15, 0.2) is 30.3 Å². The number of nitrogens with one attached hydrogen (secondary N) is 2. The number of carbonyl (C=O) groups is 1. The Morgan fingerprint density at radius 1 is 1.11 bits per heavy atom. The number of carbonyl (C=O) groups excluding carboxylic acids is 1. The van der Waals surface area contributed by atoms with Gasteiger partial charge in [-0.05, 0) is 88.0 Å². The second kappa shape index (κ2) is 9.27. The molecule has 1 aromatic carbocycles. The first-order chi connectivity index (χ1) is 13.7. The van der Waals surface area contributed by atoms with E-state index in [1.807, 2.05) is 30.3 Å². The number of piperidine rings is 1. The molecule has 2 N–H and O–H groups in total. The van der Waals surface area contributed by atoms with E-state index in [0.717, 1.165) is 24.3 Å². The predicted molar refractivity (Wildman–Crippen MR) is 111 cm³/mol. The van der Waals surface area contributed by atoms with Crippen LogP contribution in [-0.4, -0.2) is 49.8 Å². The SMILES string of the molecule is O=C(NC1CCC2(CC1)CCN(C[C@@H]1CCNC1)CC2)OCc1ccccc1. The highest BCUT2D eigenvalue weighted by molar-refractivity contribution is 5.67. The minimum atomic E-state index is -0.273. The number of rotatable bonds is 5. The number of amides is 1. The number of alkyl carbamates (subject to hydrolysis) is 1. The second-order valence-electron chi connectivity index (χ2n) is 9.14. The average Bonchev–Trinajstić information content (AvgIpc) is 3.24. The van der Waals surface area contributed by atoms with Crippen molar-refractivity contribution < 1.29 is 9.53 Å². The summed E-state index contributed by atoms with van der Waals surface area (Å²) in [5, 5.41) is 6.58. The first-order valence-corrected chi connectivity index (χ1v) is 11.1. The fraction of sp³-hybridized carbons (Fsp3) is 0.696. The Balaban J connectivity index is 1.15. The summed E-state index contributed by atoms with van der Waals surface area (Å²) in [5.74, 6) is 0.857. The van der Waals surface area contributed by atoms with Crippen molar-refractivity contribution in [2.75, 3.05) is 32.7 Å². The van der Waals surface area contributed by atoms with Crippen molar-refractivity contribution in [2.24, 2.45) is 11.3 Å². The minimum Gasteiger partial charge on any atom is -0.445 e. The zero-order valence-electron chi connectivity index (χ0n) is 17.0. The Kier molecular flexibility index (Phi) is 6.53. The van der Waals surface area contributed by atoms with E-state index in [1.165, 1.54) is 64.8 Å². The van der Waals surface area contributed by atoms with E-state index in [2.05, 4.69) is 15.5 Å². The summed E-state index contributed by atoms with van der Waals surface area (Å²) in [6.45, 7) is 6.54. The van der Waals surface area contributed by atoms with E-state index in [9.17, 15) is 4.79 Å². The zero-order chi connectivity index (χ0) is 19.2. The maximum atomic E-state index is 12.1. The Morgan fingerprint density at radius 3 is 2.54 bits per heavy atom. The van der Waals surface area contributed by atoms with Crippen LogP contribution in [0.3, 0.4) is 0 Å². The summed E-state index contributed by atoms with van der Waals surface area (Å²) in [6, 6.07) is 10.1. The monoisotopic (exact) mass is 385 g/mol. The van der Waals surface area contributed by atoms with Crippen molar-refractivity contribution in [1.82, 2.24) is 15.5 Å². The summed E-state index contributed by atoms with van der Waals surface area (Å²) in [6.07, 6.45) is 8.40. The maximum absolute atomic E-state index is 12.1. The van der Waals surface area contributed by atoms with E-state index in [0.29, 0.717) is 12.0 Å². The predicted octanol–water partition coefficient (Wildman–Crippen LogP) is 3.55. The third kappa shape index (κ3) is 5.26. The van der Waals surface area contributed by atoms with E-state index in [-0.39, 0.29) is 12.1 Å². The highest BCUT2D eigenvalue weighted by atomic mass is 16.5. The number of nitrogens with zero attached hydrogens (tertiary/aromatic N) is 1. The number of hydrogen-bond acceptors (Lipinski definition) is 4. The Morgan fingerprint density at radius 2 is 1.86 bits per heavy atom.